The second kappa shape index (κ2) is 11.3. The maximum Gasteiger partial charge on any atom is 0.410 e. The van der Waals surface area contributed by atoms with Crippen LogP contribution in [-0.2, 0) is 17.9 Å². The molecule has 3 rings (SSSR count). The number of amides is 2. The Kier molecular flexibility index (Phi) is 8.24. The highest BCUT2D eigenvalue weighted by atomic mass is 16.6. The van der Waals surface area contributed by atoms with E-state index in [9.17, 15) is 9.59 Å². The number of anilines is 1. The average Bonchev–Trinajstić information content (AvgIpc) is 2.82. The van der Waals surface area contributed by atoms with E-state index in [0.717, 1.165) is 11.1 Å². The number of carbonyl (C=O) groups is 2. The van der Waals surface area contributed by atoms with Crippen LogP contribution in [0.5, 0.6) is 5.75 Å². The highest BCUT2D eigenvalue weighted by Gasteiger charge is 2.22. The topological polar surface area (TPSA) is 80.8 Å². The Labute approximate surface area is 200 Å². The van der Waals surface area contributed by atoms with Crippen molar-refractivity contribution in [3.63, 3.8) is 0 Å². The predicted molar refractivity (Wildman–Crippen MR) is 132 cm³/mol. The lowest BCUT2D eigenvalue weighted by atomic mass is 10.1. The Morgan fingerprint density at radius 3 is 2.53 bits per heavy atom. The van der Waals surface area contributed by atoms with Crippen molar-refractivity contribution in [3.05, 3.63) is 89.7 Å². The second-order valence-corrected chi connectivity index (χ2v) is 8.78. The number of nitrogens with zero attached hydrogens (tertiary/aromatic N) is 2. The normalized spacial score (nSPS) is 10.9. The minimum absolute atomic E-state index is 0.264. The summed E-state index contributed by atoms with van der Waals surface area (Å²) in [5.74, 6) is 0.325. The molecule has 3 aromatic rings. The van der Waals surface area contributed by atoms with Gasteiger partial charge in [0.25, 0.3) is 5.91 Å². The molecule has 1 aromatic heterocycles. The van der Waals surface area contributed by atoms with Gasteiger partial charge in [-0.3, -0.25) is 9.78 Å². The Bertz CT molecular complexity index is 1110. The monoisotopic (exact) mass is 461 g/mol. The fourth-order valence-corrected chi connectivity index (χ4v) is 3.19. The maximum absolute atomic E-state index is 13.0. The van der Waals surface area contributed by atoms with Gasteiger partial charge in [-0.15, -0.1) is 0 Å². The van der Waals surface area contributed by atoms with Crippen molar-refractivity contribution in [2.45, 2.75) is 46.4 Å². The molecule has 7 heteroatoms. The van der Waals surface area contributed by atoms with Crippen LogP contribution in [0.2, 0.25) is 0 Å². The van der Waals surface area contributed by atoms with Crippen LogP contribution in [0.1, 0.15) is 49.2 Å². The first-order chi connectivity index (χ1) is 16.2. The summed E-state index contributed by atoms with van der Waals surface area (Å²) in [4.78, 5) is 31.2. The SMILES string of the molecule is CCN(Cc1ccccc1NC(=O)c1cccc(OCc2cccnc2)c1)C(=O)OC(C)(C)C. The van der Waals surface area contributed by atoms with Gasteiger partial charge in [-0.25, -0.2) is 4.79 Å². The second-order valence-electron chi connectivity index (χ2n) is 8.78. The zero-order chi connectivity index (χ0) is 24.6. The molecule has 0 saturated carbocycles. The van der Waals surface area contributed by atoms with Crippen molar-refractivity contribution < 1.29 is 19.1 Å². The van der Waals surface area contributed by atoms with Crippen LogP contribution in [0.15, 0.2) is 73.1 Å². The van der Waals surface area contributed by atoms with Gasteiger partial charge in [0.2, 0.25) is 0 Å². The number of benzene rings is 2. The summed E-state index contributed by atoms with van der Waals surface area (Å²) in [6.07, 6.45) is 3.05. The first-order valence-electron chi connectivity index (χ1n) is 11.2. The van der Waals surface area contributed by atoms with Crippen molar-refractivity contribution in [3.8, 4) is 5.75 Å². The first-order valence-corrected chi connectivity index (χ1v) is 11.2. The minimum Gasteiger partial charge on any atom is -0.489 e. The lowest BCUT2D eigenvalue weighted by Crippen LogP contribution is -2.36. The van der Waals surface area contributed by atoms with E-state index in [4.69, 9.17) is 9.47 Å². The molecule has 0 fully saturated rings. The Morgan fingerprint density at radius 1 is 1.03 bits per heavy atom. The van der Waals surface area contributed by atoms with Gasteiger partial charge in [-0.05, 0) is 63.6 Å². The first kappa shape index (κ1) is 24.8. The standard InChI is InChI=1S/C27H31N3O4/c1-5-30(26(32)34-27(2,3)4)18-22-11-6-7-14-24(22)29-25(31)21-12-8-13-23(16-21)33-19-20-10-9-15-28-17-20/h6-17H,5,18-19H2,1-4H3,(H,29,31). The van der Waals surface area contributed by atoms with Crippen molar-refractivity contribution in [1.82, 2.24) is 9.88 Å². The maximum atomic E-state index is 13.0. The van der Waals surface area contributed by atoms with E-state index in [1.54, 1.807) is 41.6 Å². The number of carbonyl (C=O) groups excluding carboxylic acids is 2. The summed E-state index contributed by atoms with van der Waals surface area (Å²) in [7, 11) is 0. The fraction of sp³-hybridized carbons (Fsp3) is 0.296. The lowest BCUT2D eigenvalue weighted by molar-refractivity contribution is 0.0245. The van der Waals surface area contributed by atoms with E-state index in [0.29, 0.717) is 36.7 Å². The molecule has 34 heavy (non-hydrogen) atoms. The van der Waals surface area contributed by atoms with Gasteiger partial charge in [0.1, 0.15) is 18.0 Å². The minimum atomic E-state index is -0.581. The van der Waals surface area contributed by atoms with Crippen LogP contribution in [0.4, 0.5) is 10.5 Å². The molecule has 1 heterocycles. The van der Waals surface area contributed by atoms with E-state index in [1.807, 2.05) is 64.1 Å². The number of nitrogens with one attached hydrogen (secondary N) is 1. The van der Waals surface area contributed by atoms with Gasteiger partial charge in [-0.2, -0.15) is 0 Å². The summed E-state index contributed by atoms with van der Waals surface area (Å²) in [5, 5.41) is 2.96. The molecule has 2 amide bonds. The molecule has 0 radical (unpaired) electrons. The molecule has 0 saturated heterocycles. The van der Waals surface area contributed by atoms with Gasteiger partial charge >= 0.3 is 6.09 Å². The summed E-state index contributed by atoms with van der Waals surface area (Å²) in [5.41, 5.74) is 2.28. The number of ether oxygens (including phenoxy) is 2. The molecule has 7 nitrogen and oxygen atoms in total. The molecular formula is C27H31N3O4. The Hall–Kier alpha value is -3.87. The molecule has 1 N–H and O–H groups in total. The van der Waals surface area contributed by atoms with Crippen molar-refractivity contribution in [2.75, 3.05) is 11.9 Å². The molecule has 0 aliphatic rings. The van der Waals surface area contributed by atoms with Gasteiger partial charge in [-0.1, -0.05) is 30.3 Å². The van der Waals surface area contributed by atoms with Gasteiger partial charge in [0.05, 0.1) is 6.54 Å². The lowest BCUT2D eigenvalue weighted by Gasteiger charge is -2.27. The van der Waals surface area contributed by atoms with E-state index in [-0.39, 0.29) is 5.91 Å². The van der Waals surface area contributed by atoms with E-state index >= 15 is 0 Å². The molecule has 0 spiro atoms. The van der Waals surface area contributed by atoms with Crippen LogP contribution < -0.4 is 10.1 Å². The number of rotatable bonds is 8. The molecule has 0 aliphatic carbocycles. The van der Waals surface area contributed by atoms with Crippen LogP contribution in [-0.4, -0.2) is 34.0 Å². The summed E-state index contributed by atoms with van der Waals surface area (Å²) in [6, 6.07) is 18.2. The largest absolute Gasteiger partial charge is 0.489 e. The number of pyridine rings is 1. The predicted octanol–water partition coefficient (Wildman–Crippen LogP) is 5.67. The smallest absolute Gasteiger partial charge is 0.410 e. The number of hydrogen-bond acceptors (Lipinski definition) is 5. The van der Waals surface area contributed by atoms with Crippen molar-refractivity contribution >= 4 is 17.7 Å². The number of aromatic nitrogens is 1. The highest BCUT2D eigenvalue weighted by Crippen LogP contribution is 2.21. The molecule has 178 valence electrons. The van der Waals surface area contributed by atoms with Gasteiger partial charge < -0.3 is 19.7 Å². The van der Waals surface area contributed by atoms with Crippen molar-refractivity contribution in [2.24, 2.45) is 0 Å². The highest BCUT2D eigenvalue weighted by molar-refractivity contribution is 6.04. The Morgan fingerprint density at radius 2 is 1.82 bits per heavy atom. The molecular weight excluding hydrogens is 430 g/mol. The molecule has 2 aromatic carbocycles. The Balaban J connectivity index is 1.69. The summed E-state index contributed by atoms with van der Waals surface area (Å²) < 4.78 is 11.3. The molecule has 0 bridgehead atoms. The van der Waals surface area contributed by atoms with Crippen LogP contribution >= 0.6 is 0 Å². The quantitative estimate of drug-likeness (QED) is 0.467. The number of hydrogen-bond donors (Lipinski definition) is 1. The van der Waals surface area contributed by atoms with E-state index < -0.39 is 11.7 Å². The number of para-hydroxylation sites is 1. The third-order valence-corrected chi connectivity index (χ3v) is 4.88. The van der Waals surface area contributed by atoms with Crippen LogP contribution in [0, 0.1) is 0 Å². The van der Waals surface area contributed by atoms with Crippen molar-refractivity contribution in [1.29, 1.82) is 0 Å². The third-order valence-electron chi connectivity index (χ3n) is 4.88. The third kappa shape index (κ3) is 7.33. The summed E-state index contributed by atoms with van der Waals surface area (Å²) in [6.45, 7) is 8.55. The van der Waals surface area contributed by atoms with E-state index in [2.05, 4.69) is 10.3 Å². The molecule has 0 unspecified atom stereocenters. The molecule has 0 atom stereocenters. The van der Waals surface area contributed by atoms with Gasteiger partial charge in [0.15, 0.2) is 0 Å². The average molecular weight is 462 g/mol. The zero-order valence-electron chi connectivity index (χ0n) is 20.1. The van der Waals surface area contributed by atoms with Crippen LogP contribution in [0.25, 0.3) is 0 Å². The summed E-state index contributed by atoms with van der Waals surface area (Å²) >= 11 is 0. The van der Waals surface area contributed by atoms with Crippen LogP contribution in [0.3, 0.4) is 0 Å². The zero-order valence-corrected chi connectivity index (χ0v) is 20.1. The fourth-order valence-electron chi connectivity index (χ4n) is 3.19. The van der Waals surface area contributed by atoms with E-state index in [1.165, 1.54) is 0 Å². The van der Waals surface area contributed by atoms with Gasteiger partial charge in [0, 0.05) is 35.8 Å². The molecule has 0 aliphatic heterocycles.